The SMILES string of the molecule is C=CCN(CC(=O)O)S(=O)(=O)c1ccc(C#N)s1. The van der Waals surface area contributed by atoms with Gasteiger partial charge in [0.1, 0.15) is 21.7 Å². The number of nitrogens with zero attached hydrogens (tertiary/aromatic N) is 2. The molecule has 0 spiro atoms. The summed E-state index contributed by atoms with van der Waals surface area (Å²) in [5.74, 6) is -1.25. The minimum absolute atomic E-state index is 0.0536. The van der Waals surface area contributed by atoms with E-state index in [2.05, 4.69) is 6.58 Å². The Balaban J connectivity index is 3.12. The Morgan fingerprint density at radius 2 is 2.28 bits per heavy atom. The fourth-order valence-electron chi connectivity index (χ4n) is 1.19. The van der Waals surface area contributed by atoms with Gasteiger partial charge in [0.05, 0.1) is 0 Å². The molecular weight excluding hydrogens is 276 g/mol. The van der Waals surface area contributed by atoms with Gasteiger partial charge in [0.25, 0.3) is 10.0 Å². The highest BCUT2D eigenvalue weighted by Crippen LogP contribution is 2.24. The highest BCUT2D eigenvalue weighted by molar-refractivity contribution is 7.91. The van der Waals surface area contributed by atoms with Crippen LogP contribution in [0, 0.1) is 11.3 Å². The van der Waals surface area contributed by atoms with E-state index in [-0.39, 0.29) is 15.6 Å². The molecule has 0 aliphatic rings. The van der Waals surface area contributed by atoms with E-state index in [4.69, 9.17) is 10.4 Å². The molecule has 0 atom stereocenters. The number of nitriles is 1. The molecule has 18 heavy (non-hydrogen) atoms. The topological polar surface area (TPSA) is 98.5 Å². The van der Waals surface area contributed by atoms with Gasteiger partial charge in [-0.15, -0.1) is 17.9 Å². The van der Waals surface area contributed by atoms with Crippen molar-refractivity contribution >= 4 is 27.3 Å². The molecule has 0 amide bonds. The maximum Gasteiger partial charge on any atom is 0.318 e. The maximum atomic E-state index is 12.1. The molecule has 1 rings (SSSR count). The van der Waals surface area contributed by atoms with Gasteiger partial charge in [-0.25, -0.2) is 8.42 Å². The predicted molar refractivity (Wildman–Crippen MR) is 65.6 cm³/mol. The summed E-state index contributed by atoms with van der Waals surface area (Å²) in [7, 11) is -3.90. The average Bonchev–Trinajstić information content (AvgIpc) is 2.77. The number of rotatable bonds is 6. The molecule has 1 aromatic rings. The van der Waals surface area contributed by atoms with Gasteiger partial charge < -0.3 is 5.11 Å². The van der Waals surface area contributed by atoms with Gasteiger partial charge in [-0.05, 0) is 12.1 Å². The summed E-state index contributed by atoms with van der Waals surface area (Å²) in [6.45, 7) is 2.64. The Kier molecular flexibility index (Phi) is 4.61. The zero-order chi connectivity index (χ0) is 13.8. The lowest BCUT2D eigenvalue weighted by Crippen LogP contribution is -2.35. The molecule has 8 heteroatoms. The fraction of sp³-hybridized carbons (Fsp3) is 0.200. The third kappa shape index (κ3) is 3.16. The Bertz CT molecular complexity index is 598. The van der Waals surface area contributed by atoms with Crippen LogP contribution in [0.5, 0.6) is 0 Å². The average molecular weight is 286 g/mol. The molecule has 96 valence electrons. The number of hydrogen-bond acceptors (Lipinski definition) is 5. The number of carbonyl (C=O) groups is 1. The van der Waals surface area contributed by atoms with E-state index in [1.54, 1.807) is 0 Å². The van der Waals surface area contributed by atoms with Crippen LogP contribution in [0.3, 0.4) is 0 Å². The van der Waals surface area contributed by atoms with E-state index in [9.17, 15) is 13.2 Å². The van der Waals surface area contributed by atoms with Crippen LogP contribution in [0.25, 0.3) is 0 Å². The summed E-state index contributed by atoms with van der Waals surface area (Å²) in [6, 6.07) is 4.50. The zero-order valence-electron chi connectivity index (χ0n) is 9.24. The normalized spacial score (nSPS) is 11.1. The van der Waals surface area contributed by atoms with Crippen LogP contribution in [0.2, 0.25) is 0 Å². The van der Waals surface area contributed by atoms with Crippen LogP contribution >= 0.6 is 11.3 Å². The van der Waals surface area contributed by atoms with Gasteiger partial charge in [-0.1, -0.05) is 6.08 Å². The van der Waals surface area contributed by atoms with Crippen molar-refractivity contribution in [2.24, 2.45) is 0 Å². The van der Waals surface area contributed by atoms with Crippen molar-refractivity contribution < 1.29 is 18.3 Å². The first-order chi connectivity index (χ1) is 8.41. The van der Waals surface area contributed by atoms with Crippen molar-refractivity contribution in [3.05, 3.63) is 29.7 Å². The molecule has 1 heterocycles. The summed E-state index contributed by atoms with van der Waals surface area (Å²) < 4.78 is 24.9. The minimum Gasteiger partial charge on any atom is -0.480 e. The van der Waals surface area contributed by atoms with E-state index in [1.165, 1.54) is 18.2 Å². The molecule has 0 saturated heterocycles. The summed E-state index contributed by atoms with van der Waals surface area (Å²) in [4.78, 5) is 10.9. The molecule has 0 aliphatic heterocycles. The maximum absolute atomic E-state index is 12.1. The summed E-state index contributed by atoms with van der Waals surface area (Å²) in [5, 5.41) is 17.3. The number of aliphatic carboxylic acids is 1. The third-order valence-electron chi connectivity index (χ3n) is 1.93. The van der Waals surface area contributed by atoms with Gasteiger partial charge >= 0.3 is 5.97 Å². The van der Waals surface area contributed by atoms with Crippen LogP contribution in [-0.4, -0.2) is 36.9 Å². The number of carboxylic acid groups (broad SMARTS) is 1. The Morgan fingerprint density at radius 1 is 1.61 bits per heavy atom. The van der Waals surface area contributed by atoms with Crippen molar-refractivity contribution in [3.63, 3.8) is 0 Å². The Morgan fingerprint density at radius 3 is 2.72 bits per heavy atom. The standard InChI is InChI=1S/C10H10N2O4S2/c1-2-5-12(7-9(13)14)18(15,16)10-4-3-8(6-11)17-10/h2-4H,1,5,7H2,(H,13,14). The van der Waals surface area contributed by atoms with Crippen molar-refractivity contribution in [1.82, 2.24) is 4.31 Å². The molecule has 0 unspecified atom stereocenters. The first kappa shape index (κ1) is 14.4. The lowest BCUT2D eigenvalue weighted by atomic mass is 10.5. The second kappa shape index (κ2) is 5.77. The zero-order valence-corrected chi connectivity index (χ0v) is 10.9. The van der Waals surface area contributed by atoms with E-state index in [0.717, 1.165) is 15.6 Å². The first-order valence-electron chi connectivity index (χ1n) is 4.74. The molecular formula is C10H10N2O4S2. The number of hydrogen-bond donors (Lipinski definition) is 1. The van der Waals surface area contributed by atoms with E-state index >= 15 is 0 Å². The molecule has 6 nitrogen and oxygen atoms in total. The van der Waals surface area contributed by atoms with Crippen molar-refractivity contribution in [1.29, 1.82) is 5.26 Å². The molecule has 0 saturated carbocycles. The van der Waals surface area contributed by atoms with Gasteiger partial charge in [0.15, 0.2) is 0 Å². The summed E-state index contributed by atoms with van der Waals surface area (Å²) in [6.07, 6.45) is 1.30. The van der Waals surface area contributed by atoms with Gasteiger partial charge in [0.2, 0.25) is 0 Å². The summed E-state index contributed by atoms with van der Waals surface area (Å²) in [5.41, 5.74) is 0. The second-order valence-corrected chi connectivity index (χ2v) is 6.46. The monoisotopic (exact) mass is 286 g/mol. The van der Waals surface area contributed by atoms with Gasteiger partial charge in [-0.2, -0.15) is 9.57 Å². The number of sulfonamides is 1. The fourth-order valence-corrected chi connectivity index (χ4v) is 3.81. The molecule has 0 aromatic carbocycles. The van der Waals surface area contributed by atoms with Gasteiger partial charge in [-0.3, -0.25) is 4.79 Å². The minimum atomic E-state index is -3.90. The number of carboxylic acids is 1. The Hall–Kier alpha value is -1.69. The van der Waals surface area contributed by atoms with Crippen LogP contribution < -0.4 is 0 Å². The quantitative estimate of drug-likeness (QED) is 0.783. The van der Waals surface area contributed by atoms with E-state index in [1.807, 2.05) is 6.07 Å². The van der Waals surface area contributed by atoms with Crippen molar-refractivity contribution in [2.75, 3.05) is 13.1 Å². The largest absolute Gasteiger partial charge is 0.480 e. The highest BCUT2D eigenvalue weighted by atomic mass is 32.2. The van der Waals surface area contributed by atoms with Crippen molar-refractivity contribution in [2.45, 2.75) is 4.21 Å². The third-order valence-corrected chi connectivity index (χ3v) is 5.20. The smallest absolute Gasteiger partial charge is 0.318 e. The van der Waals surface area contributed by atoms with Crippen molar-refractivity contribution in [3.8, 4) is 6.07 Å². The van der Waals surface area contributed by atoms with Gasteiger partial charge in [0, 0.05) is 6.54 Å². The van der Waals surface area contributed by atoms with Crippen LogP contribution in [0.15, 0.2) is 29.0 Å². The molecule has 1 aromatic heterocycles. The summed E-state index contributed by atoms with van der Waals surface area (Å²) >= 11 is 0.803. The molecule has 0 bridgehead atoms. The second-order valence-electron chi connectivity index (χ2n) is 3.21. The van der Waals surface area contributed by atoms with Crippen LogP contribution in [0.4, 0.5) is 0 Å². The van der Waals surface area contributed by atoms with Crippen LogP contribution in [0.1, 0.15) is 4.88 Å². The lowest BCUT2D eigenvalue weighted by molar-refractivity contribution is -0.137. The number of thiophene rings is 1. The Labute approximate surface area is 108 Å². The molecule has 0 radical (unpaired) electrons. The van der Waals surface area contributed by atoms with Crippen LogP contribution in [-0.2, 0) is 14.8 Å². The predicted octanol–water partition coefficient (Wildman–Crippen LogP) is 0.881. The van der Waals surface area contributed by atoms with E-state index < -0.39 is 22.5 Å². The lowest BCUT2D eigenvalue weighted by Gasteiger charge is -2.17. The van der Waals surface area contributed by atoms with E-state index in [0.29, 0.717) is 0 Å². The molecule has 0 aliphatic carbocycles. The molecule has 0 fully saturated rings. The first-order valence-corrected chi connectivity index (χ1v) is 7.00. The highest BCUT2D eigenvalue weighted by Gasteiger charge is 2.27. The molecule has 1 N–H and O–H groups in total.